The van der Waals surface area contributed by atoms with E-state index in [1.807, 2.05) is 0 Å². The van der Waals surface area contributed by atoms with E-state index in [-0.39, 0.29) is 6.54 Å². The summed E-state index contributed by atoms with van der Waals surface area (Å²) in [6.45, 7) is 5.39. The van der Waals surface area contributed by atoms with Crippen molar-refractivity contribution >= 4 is 17.7 Å². The van der Waals surface area contributed by atoms with Gasteiger partial charge in [-0.15, -0.1) is 0 Å². The summed E-state index contributed by atoms with van der Waals surface area (Å²) in [5.74, 6) is -1.07. The molecule has 0 bridgehead atoms. The first-order chi connectivity index (χ1) is 8.50. The molecule has 0 spiro atoms. The molecular formula is C13H16N2O3. The third-order valence-corrected chi connectivity index (χ3v) is 2.15. The second-order valence-corrected chi connectivity index (χ2v) is 3.93. The lowest BCUT2D eigenvalue weighted by atomic mass is 10.3. The Bertz CT molecular complexity index is 443. The van der Waals surface area contributed by atoms with Gasteiger partial charge in [0.15, 0.2) is 0 Å². The topological polar surface area (TPSA) is 69.6 Å². The molecule has 2 amide bonds. The van der Waals surface area contributed by atoms with E-state index in [1.165, 1.54) is 4.90 Å². The molecule has 0 atom stereocenters. The highest BCUT2D eigenvalue weighted by Crippen LogP contribution is 2.12. The molecule has 0 unspecified atom stereocenters. The van der Waals surface area contributed by atoms with Crippen LogP contribution in [0, 0.1) is 0 Å². The van der Waals surface area contributed by atoms with E-state index >= 15 is 0 Å². The summed E-state index contributed by atoms with van der Waals surface area (Å²) in [7, 11) is 0. The number of rotatable bonds is 5. The van der Waals surface area contributed by atoms with E-state index in [1.54, 1.807) is 37.3 Å². The van der Waals surface area contributed by atoms with Crippen molar-refractivity contribution in [3.8, 4) is 0 Å². The van der Waals surface area contributed by atoms with Crippen molar-refractivity contribution in [1.82, 2.24) is 5.32 Å². The second kappa shape index (κ2) is 6.44. The Morgan fingerprint density at radius 1 is 1.33 bits per heavy atom. The van der Waals surface area contributed by atoms with Crippen molar-refractivity contribution in [1.29, 1.82) is 0 Å². The molecule has 0 saturated heterocycles. The zero-order chi connectivity index (χ0) is 13.5. The molecule has 1 aromatic carbocycles. The fraction of sp³-hybridized carbons (Fsp3) is 0.231. The number of aliphatic carboxylic acids is 1. The highest BCUT2D eigenvalue weighted by atomic mass is 16.4. The Morgan fingerprint density at radius 2 is 1.94 bits per heavy atom. The third-order valence-electron chi connectivity index (χ3n) is 2.15. The minimum Gasteiger partial charge on any atom is -0.480 e. The Kier molecular flexibility index (Phi) is 4.92. The van der Waals surface area contributed by atoms with Gasteiger partial charge in [0.05, 0.1) is 0 Å². The molecule has 1 aromatic rings. The summed E-state index contributed by atoms with van der Waals surface area (Å²) in [6.07, 6.45) is 0. The van der Waals surface area contributed by atoms with Gasteiger partial charge in [0.25, 0.3) is 0 Å². The van der Waals surface area contributed by atoms with Gasteiger partial charge in [0.1, 0.15) is 6.54 Å². The van der Waals surface area contributed by atoms with Gasteiger partial charge in [-0.1, -0.05) is 30.4 Å². The standard InChI is InChI=1S/C13H16N2O3/c1-10(2)8-14-13(18)15(9-12(16)17)11-6-4-3-5-7-11/h3-7H,1,8-9H2,2H3,(H,14,18)(H,16,17). The highest BCUT2D eigenvalue weighted by Gasteiger charge is 2.17. The Balaban J connectivity index is 2.81. The third kappa shape index (κ3) is 4.29. The number of urea groups is 1. The number of benzene rings is 1. The maximum absolute atomic E-state index is 11.9. The monoisotopic (exact) mass is 248 g/mol. The molecule has 2 N–H and O–H groups in total. The average molecular weight is 248 g/mol. The normalized spacial score (nSPS) is 9.61. The number of carboxylic acid groups (broad SMARTS) is 1. The number of carboxylic acids is 1. The largest absolute Gasteiger partial charge is 0.480 e. The fourth-order valence-electron chi connectivity index (χ4n) is 1.35. The van der Waals surface area contributed by atoms with E-state index in [0.29, 0.717) is 12.2 Å². The minimum atomic E-state index is -1.07. The van der Waals surface area contributed by atoms with E-state index in [0.717, 1.165) is 5.57 Å². The van der Waals surface area contributed by atoms with Crippen LogP contribution in [0.4, 0.5) is 10.5 Å². The summed E-state index contributed by atoms with van der Waals surface area (Å²) >= 11 is 0. The van der Waals surface area contributed by atoms with E-state index < -0.39 is 12.0 Å². The molecule has 0 radical (unpaired) electrons. The first kappa shape index (κ1) is 13.8. The quantitative estimate of drug-likeness (QED) is 0.781. The molecule has 0 fully saturated rings. The van der Waals surface area contributed by atoms with Crippen LogP contribution in [0.2, 0.25) is 0 Å². The number of carbonyl (C=O) groups is 2. The van der Waals surface area contributed by atoms with E-state index in [2.05, 4.69) is 11.9 Å². The minimum absolute atomic E-state index is 0.321. The van der Waals surface area contributed by atoms with Crippen LogP contribution < -0.4 is 10.2 Å². The summed E-state index contributed by atoms with van der Waals surface area (Å²) in [5.41, 5.74) is 1.34. The van der Waals surface area contributed by atoms with Gasteiger partial charge in [-0.2, -0.15) is 0 Å². The zero-order valence-corrected chi connectivity index (χ0v) is 10.2. The molecule has 18 heavy (non-hydrogen) atoms. The Labute approximate surface area is 106 Å². The number of hydrogen-bond donors (Lipinski definition) is 2. The zero-order valence-electron chi connectivity index (χ0n) is 10.2. The van der Waals surface area contributed by atoms with Gasteiger partial charge in [-0.25, -0.2) is 4.79 Å². The van der Waals surface area contributed by atoms with Crippen LogP contribution in [-0.2, 0) is 4.79 Å². The number of hydrogen-bond acceptors (Lipinski definition) is 2. The molecular weight excluding hydrogens is 232 g/mol. The van der Waals surface area contributed by atoms with Crippen LogP contribution in [0.15, 0.2) is 42.5 Å². The van der Waals surface area contributed by atoms with Crippen LogP contribution in [0.3, 0.4) is 0 Å². The molecule has 0 aromatic heterocycles. The van der Waals surface area contributed by atoms with Crippen molar-refractivity contribution in [2.75, 3.05) is 18.0 Å². The molecule has 5 heteroatoms. The SMILES string of the molecule is C=C(C)CNC(=O)N(CC(=O)O)c1ccccc1. The summed E-state index contributed by atoms with van der Waals surface area (Å²) in [5, 5.41) is 11.4. The lowest BCUT2D eigenvalue weighted by Crippen LogP contribution is -2.43. The van der Waals surface area contributed by atoms with Crippen molar-refractivity contribution in [3.05, 3.63) is 42.5 Å². The summed E-state index contributed by atoms with van der Waals surface area (Å²) < 4.78 is 0. The van der Waals surface area contributed by atoms with Gasteiger partial charge in [0.2, 0.25) is 0 Å². The lowest BCUT2D eigenvalue weighted by Gasteiger charge is -2.21. The van der Waals surface area contributed by atoms with Gasteiger partial charge in [-0.05, 0) is 19.1 Å². The molecule has 1 rings (SSSR count). The molecule has 5 nitrogen and oxygen atoms in total. The van der Waals surface area contributed by atoms with Crippen LogP contribution in [0.1, 0.15) is 6.92 Å². The molecule has 96 valence electrons. The highest BCUT2D eigenvalue weighted by molar-refractivity contribution is 5.96. The van der Waals surface area contributed by atoms with Crippen molar-refractivity contribution in [3.63, 3.8) is 0 Å². The molecule has 0 heterocycles. The lowest BCUT2D eigenvalue weighted by molar-refractivity contribution is -0.135. The number of nitrogens with one attached hydrogen (secondary N) is 1. The van der Waals surface area contributed by atoms with Gasteiger partial charge in [0, 0.05) is 12.2 Å². The smallest absolute Gasteiger partial charge is 0.323 e. The Morgan fingerprint density at radius 3 is 2.44 bits per heavy atom. The molecule has 0 saturated carbocycles. The number of carbonyl (C=O) groups excluding carboxylic acids is 1. The maximum atomic E-state index is 11.9. The van der Waals surface area contributed by atoms with Crippen LogP contribution in [-0.4, -0.2) is 30.2 Å². The van der Waals surface area contributed by atoms with Gasteiger partial charge in [-0.3, -0.25) is 9.69 Å². The maximum Gasteiger partial charge on any atom is 0.323 e. The van der Waals surface area contributed by atoms with Gasteiger partial charge >= 0.3 is 12.0 Å². The molecule has 0 aliphatic carbocycles. The predicted molar refractivity (Wildman–Crippen MR) is 69.6 cm³/mol. The molecule has 0 aliphatic heterocycles. The Hall–Kier alpha value is -2.30. The van der Waals surface area contributed by atoms with Crippen LogP contribution in [0.25, 0.3) is 0 Å². The van der Waals surface area contributed by atoms with Crippen molar-refractivity contribution < 1.29 is 14.7 Å². The van der Waals surface area contributed by atoms with Gasteiger partial charge < -0.3 is 10.4 Å². The first-order valence-electron chi connectivity index (χ1n) is 5.47. The van der Waals surface area contributed by atoms with E-state index in [9.17, 15) is 9.59 Å². The predicted octanol–water partition coefficient (Wildman–Crippen LogP) is 1.86. The summed E-state index contributed by atoms with van der Waals surface area (Å²) in [4.78, 5) is 23.9. The number of nitrogens with zero attached hydrogens (tertiary/aromatic N) is 1. The van der Waals surface area contributed by atoms with E-state index in [4.69, 9.17) is 5.11 Å². The molecule has 0 aliphatic rings. The number of amides is 2. The first-order valence-corrected chi connectivity index (χ1v) is 5.47. The second-order valence-electron chi connectivity index (χ2n) is 3.93. The number of para-hydroxylation sites is 1. The number of anilines is 1. The van der Waals surface area contributed by atoms with Crippen molar-refractivity contribution in [2.24, 2.45) is 0 Å². The van der Waals surface area contributed by atoms with Crippen LogP contribution in [0.5, 0.6) is 0 Å². The van der Waals surface area contributed by atoms with Crippen LogP contribution >= 0.6 is 0 Å². The summed E-state index contributed by atoms with van der Waals surface area (Å²) in [6, 6.07) is 8.21. The van der Waals surface area contributed by atoms with Crippen molar-refractivity contribution in [2.45, 2.75) is 6.92 Å². The fourth-order valence-corrected chi connectivity index (χ4v) is 1.35. The average Bonchev–Trinajstić information content (AvgIpc) is 2.34.